The monoisotopic (exact) mass is 279 g/mol. The van der Waals surface area contributed by atoms with Crippen molar-refractivity contribution in [2.75, 3.05) is 26.9 Å². The zero-order valence-corrected chi connectivity index (χ0v) is 12.5. The highest BCUT2D eigenvalue weighted by Crippen LogP contribution is 2.31. The van der Waals surface area contributed by atoms with E-state index in [2.05, 4.69) is 18.3 Å². The Morgan fingerprint density at radius 2 is 2.30 bits per heavy atom. The van der Waals surface area contributed by atoms with E-state index in [1.807, 2.05) is 12.1 Å². The van der Waals surface area contributed by atoms with Crippen LogP contribution >= 0.6 is 0 Å². The Morgan fingerprint density at radius 3 is 3.00 bits per heavy atom. The second kappa shape index (κ2) is 8.12. The highest BCUT2D eigenvalue weighted by Gasteiger charge is 2.15. The SMILES string of the molecule is CCCOc1c(CNCC2CCCO2)cccc1OC. The molecule has 1 saturated heterocycles. The van der Waals surface area contributed by atoms with Gasteiger partial charge in [0, 0.05) is 25.3 Å². The average molecular weight is 279 g/mol. The Morgan fingerprint density at radius 1 is 1.40 bits per heavy atom. The zero-order chi connectivity index (χ0) is 14.2. The Hall–Kier alpha value is -1.26. The Labute approximate surface area is 121 Å². The lowest BCUT2D eigenvalue weighted by atomic mass is 10.1. The molecular formula is C16H25NO3. The molecule has 0 amide bonds. The molecule has 1 fully saturated rings. The number of para-hydroxylation sites is 1. The topological polar surface area (TPSA) is 39.7 Å². The van der Waals surface area contributed by atoms with E-state index >= 15 is 0 Å². The van der Waals surface area contributed by atoms with Gasteiger partial charge in [0.1, 0.15) is 0 Å². The molecule has 20 heavy (non-hydrogen) atoms. The molecular weight excluding hydrogens is 254 g/mol. The molecule has 112 valence electrons. The number of benzene rings is 1. The first-order chi connectivity index (χ1) is 9.85. The predicted molar refractivity (Wildman–Crippen MR) is 79.5 cm³/mol. The third-order valence-electron chi connectivity index (χ3n) is 3.44. The molecule has 0 spiro atoms. The van der Waals surface area contributed by atoms with E-state index in [0.29, 0.717) is 12.7 Å². The van der Waals surface area contributed by atoms with Crippen LogP contribution in [0.3, 0.4) is 0 Å². The van der Waals surface area contributed by atoms with Gasteiger partial charge in [0.05, 0.1) is 19.8 Å². The van der Waals surface area contributed by atoms with Crippen molar-refractivity contribution in [1.82, 2.24) is 5.32 Å². The van der Waals surface area contributed by atoms with Gasteiger partial charge in [-0.1, -0.05) is 19.1 Å². The lowest BCUT2D eigenvalue weighted by Gasteiger charge is -2.16. The first-order valence-corrected chi connectivity index (χ1v) is 7.46. The maximum Gasteiger partial charge on any atom is 0.165 e. The van der Waals surface area contributed by atoms with Crippen molar-refractivity contribution >= 4 is 0 Å². The summed E-state index contributed by atoms with van der Waals surface area (Å²) < 4.78 is 16.8. The number of ether oxygens (including phenoxy) is 3. The second-order valence-electron chi connectivity index (χ2n) is 5.06. The van der Waals surface area contributed by atoms with Crippen LogP contribution in [0.4, 0.5) is 0 Å². The van der Waals surface area contributed by atoms with Crippen LogP contribution in [-0.4, -0.2) is 33.0 Å². The van der Waals surface area contributed by atoms with Gasteiger partial charge in [0.15, 0.2) is 11.5 Å². The lowest BCUT2D eigenvalue weighted by molar-refractivity contribution is 0.110. The van der Waals surface area contributed by atoms with Crippen LogP contribution in [0.15, 0.2) is 18.2 Å². The van der Waals surface area contributed by atoms with Gasteiger partial charge in [-0.05, 0) is 25.3 Å². The summed E-state index contributed by atoms with van der Waals surface area (Å²) in [4.78, 5) is 0. The van der Waals surface area contributed by atoms with Crippen molar-refractivity contribution in [2.24, 2.45) is 0 Å². The van der Waals surface area contributed by atoms with E-state index < -0.39 is 0 Å². The van der Waals surface area contributed by atoms with Crippen LogP contribution in [0.5, 0.6) is 11.5 Å². The fourth-order valence-electron chi connectivity index (χ4n) is 2.40. The second-order valence-corrected chi connectivity index (χ2v) is 5.06. The largest absolute Gasteiger partial charge is 0.493 e. The molecule has 1 unspecified atom stereocenters. The fourth-order valence-corrected chi connectivity index (χ4v) is 2.40. The minimum Gasteiger partial charge on any atom is -0.493 e. The van der Waals surface area contributed by atoms with Crippen molar-refractivity contribution in [2.45, 2.75) is 38.8 Å². The first kappa shape index (κ1) is 15.1. The van der Waals surface area contributed by atoms with Crippen molar-refractivity contribution in [3.8, 4) is 11.5 Å². The Bertz CT molecular complexity index is 403. The van der Waals surface area contributed by atoms with Crippen LogP contribution < -0.4 is 14.8 Å². The van der Waals surface area contributed by atoms with Crippen LogP contribution in [0.1, 0.15) is 31.7 Å². The standard InChI is InChI=1S/C16H25NO3/c1-3-9-20-16-13(6-4-8-15(16)18-2)11-17-12-14-7-5-10-19-14/h4,6,8,14,17H,3,5,7,9-12H2,1-2H3. The molecule has 0 saturated carbocycles. The van der Waals surface area contributed by atoms with Crippen molar-refractivity contribution in [3.05, 3.63) is 23.8 Å². The third kappa shape index (κ3) is 4.12. The molecule has 0 aromatic heterocycles. The van der Waals surface area contributed by atoms with E-state index in [-0.39, 0.29) is 0 Å². The lowest BCUT2D eigenvalue weighted by Crippen LogP contribution is -2.26. The predicted octanol–water partition coefficient (Wildman–Crippen LogP) is 2.75. The molecule has 0 aliphatic carbocycles. The summed E-state index contributed by atoms with van der Waals surface area (Å²) in [6, 6.07) is 6.02. The van der Waals surface area contributed by atoms with Gasteiger partial charge in [0.2, 0.25) is 0 Å². The highest BCUT2D eigenvalue weighted by molar-refractivity contribution is 5.46. The summed E-state index contributed by atoms with van der Waals surface area (Å²) in [6.45, 7) is 5.38. The van der Waals surface area contributed by atoms with E-state index in [9.17, 15) is 0 Å². The summed E-state index contributed by atoms with van der Waals surface area (Å²) in [6.07, 6.45) is 3.68. The van der Waals surface area contributed by atoms with Crippen LogP contribution in [0.25, 0.3) is 0 Å². The van der Waals surface area contributed by atoms with Gasteiger partial charge in [0.25, 0.3) is 0 Å². The van der Waals surface area contributed by atoms with Gasteiger partial charge >= 0.3 is 0 Å². The number of hydrogen-bond donors (Lipinski definition) is 1. The van der Waals surface area contributed by atoms with E-state index in [0.717, 1.165) is 49.6 Å². The number of nitrogens with one attached hydrogen (secondary N) is 1. The van der Waals surface area contributed by atoms with E-state index in [1.54, 1.807) is 7.11 Å². The first-order valence-electron chi connectivity index (χ1n) is 7.46. The molecule has 1 aromatic carbocycles. The molecule has 4 heteroatoms. The van der Waals surface area contributed by atoms with Gasteiger partial charge in [-0.15, -0.1) is 0 Å². The molecule has 1 N–H and O–H groups in total. The minimum atomic E-state index is 0.362. The van der Waals surface area contributed by atoms with Crippen molar-refractivity contribution in [1.29, 1.82) is 0 Å². The molecule has 1 heterocycles. The summed E-state index contributed by atoms with van der Waals surface area (Å²) in [5.41, 5.74) is 1.13. The third-order valence-corrected chi connectivity index (χ3v) is 3.44. The summed E-state index contributed by atoms with van der Waals surface area (Å²) >= 11 is 0. The van der Waals surface area contributed by atoms with Crippen LogP contribution in [0, 0.1) is 0 Å². The zero-order valence-electron chi connectivity index (χ0n) is 12.5. The molecule has 1 atom stereocenters. The van der Waals surface area contributed by atoms with Crippen LogP contribution in [-0.2, 0) is 11.3 Å². The molecule has 0 radical (unpaired) electrons. The number of hydrogen-bond acceptors (Lipinski definition) is 4. The smallest absolute Gasteiger partial charge is 0.165 e. The molecule has 1 aliphatic rings. The summed E-state index contributed by atoms with van der Waals surface area (Å²) in [7, 11) is 1.68. The number of methoxy groups -OCH3 is 1. The highest BCUT2D eigenvalue weighted by atomic mass is 16.5. The van der Waals surface area contributed by atoms with Crippen LogP contribution in [0.2, 0.25) is 0 Å². The van der Waals surface area contributed by atoms with Crippen molar-refractivity contribution in [3.63, 3.8) is 0 Å². The maximum absolute atomic E-state index is 5.83. The summed E-state index contributed by atoms with van der Waals surface area (Å²) in [5, 5.41) is 3.45. The Kier molecular flexibility index (Phi) is 6.15. The van der Waals surface area contributed by atoms with Gasteiger partial charge in [-0.3, -0.25) is 0 Å². The summed E-state index contributed by atoms with van der Waals surface area (Å²) in [5.74, 6) is 1.66. The minimum absolute atomic E-state index is 0.362. The molecule has 1 aliphatic heterocycles. The van der Waals surface area contributed by atoms with E-state index in [4.69, 9.17) is 14.2 Å². The average Bonchev–Trinajstić information content (AvgIpc) is 2.98. The van der Waals surface area contributed by atoms with Gasteiger partial charge in [-0.25, -0.2) is 0 Å². The molecule has 0 bridgehead atoms. The van der Waals surface area contributed by atoms with E-state index in [1.165, 1.54) is 6.42 Å². The van der Waals surface area contributed by atoms with Gasteiger partial charge < -0.3 is 19.5 Å². The molecule has 4 nitrogen and oxygen atoms in total. The van der Waals surface area contributed by atoms with Crippen molar-refractivity contribution < 1.29 is 14.2 Å². The van der Waals surface area contributed by atoms with Gasteiger partial charge in [-0.2, -0.15) is 0 Å². The number of rotatable bonds is 8. The molecule has 2 rings (SSSR count). The quantitative estimate of drug-likeness (QED) is 0.794. The Balaban J connectivity index is 1.94. The fraction of sp³-hybridized carbons (Fsp3) is 0.625. The molecule has 1 aromatic rings. The maximum atomic E-state index is 5.83. The normalized spacial score (nSPS) is 18.2.